The van der Waals surface area contributed by atoms with Gasteiger partial charge in [-0.3, -0.25) is 4.79 Å². The number of hydrogen-bond acceptors (Lipinski definition) is 3. The number of carbonyl (C=O) groups excluding carboxylic acids is 1. The third kappa shape index (κ3) is 2.55. The Morgan fingerprint density at radius 2 is 2.26 bits per heavy atom. The Morgan fingerprint density at radius 1 is 1.47 bits per heavy atom. The average Bonchev–Trinajstić information content (AvgIpc) is 2.66. The normalized spacial score (nSPS) is 24.6. The minimum Gasteiger partial charge on any atom is -0.381 e. The van der Waals surface area contributed by atoms with Crippen LogP contribution in [0.2, 0.25) is 5.02 Å². The molecule has 1 aliphatic heterocycles. The summed E-state index contributed by atoms with van der Waals surface area (Å²) in [6.07, 6.45) is 2.84. The van der Waals surface area contributed by atoms with Crippen LogP contribution in [0.4, 0.5) is 11.4 Å². The molecule has 2 N–H and O–H groups in total. The summed E-state index contributed by atoms with van der Waals surface area (Å²) in [5, 5.41) is 6.88. The van der Waals surface area contributed by atoms with Gasteiger partial charge in [0.05, 0.1) is 23.2 Å². The van der Waals surface area contributed by atoms with E-state index in [4.69, 9.17) is 16.3 Å². The lowest BCUT2D eigenvalue weighted by atomic mass is 9.89. The predicted molar refractivity (Wildman–Crippen MR) is 75.8 cm³/mol. The predicted octanol–water partition coefficient (Wildman–Crippen LogP) is 2.81. The molecule has 3 rings (SSSR count). The summed E-state index contributed by atoms with van der Waals surface area (Å²) in [5.41, 5.74) is 2.76. The van der Waals surface area contributed by atoms with Crippen molar-refractivity contribution in [2.24, 2.45) is 0 Å². The number of anilines is 2. The SMILES string of the molecule is CCOC1CC(Nc2cc3c(cc2Cl)NC(=O)C3)C1. The van der Waals surface area contributed by atoms with Crippen LogP contribution in [0, 0.1) is 0 Å². The van der Waals surface area contributed by atoms with Crippen molar-refractivity contribution in [3.63, 3.8) is 0 Å². The molecule has 1 aliphatic carbocycles. The molecule has 1 aromatic rings. The van der Waals surface area contributed by atoms with E-state index in [9.17, 15) is 4.79 Å². The van der Waals surface area contributed by atoms with Crippen molar-refractivity contribution in [1.82, 2.24) is 0 Å². The van der Waals surface area contributed by atoms with E-state index in [1.807, 2.05) is 19.1 Å². The second-order valence-electron chi connectivity index (χ2n) is 5.10. The van der Waals surface area contributed by atoms with E-state index in [2.05, 4.69) is 10.6 Å². The van der Waals surface area contributed by atoms with Crippen LogP contribution in [0.3, 0.4) is 0 Å². The van der Waals surface area contributed by atoms with Gasteiger partial charge in [0.2, 0.25) is 5.91 Å². The molecule has 1 saturated carbocycles. The fourth-order valence-corrected chi connectivity index (χ4v) is 2.85. The molecule has 1 heterocycles. The Balaban J connectivity index is 1.66. The number of hydrogen-bond donors (Lipinski definition) is 2. The van der Waals surface area contributed by atoms with Crippen molar-refractivity contribution >= 4 is 28.9 Å². The largest absolute Gasteiger partial charge is 0.381 e. The number of fused-ring (bicyclic) bond motifs is 1. The Bertz CT molecular complexity index is 512. The van der Waals surface area contributed by atoms with Gasteiger partial charge in [-0.2, -0.15) is 0 Å². The molecule has 4 nitrogen and oxygen atoms in total. The van der Waals surface area contributed by atoms with Gasteiger partial charge >= 0.3 is 0 Å². The molecule has 0 saturated heterocycles. The third-order valence-corrected chi connectivity index (χ3v) is 3.99. The van der Waals surface area contributed by atoms with Crippen molar-refractivity contribution in [3.8, 4) is 0 Å². The van der Waals surface area contributed by atoms with E-state index in [0.717, 1.165) is 36.4 Å². The minimum absolute atomic E-state index is 0.0308. The number of benzene rings is 1. The van der Waals surface area contributed by atoms with Crippen LogP contribution >= 0.6 is 11.6 Å². The number of halogens is 1. The quantitative estimate of drug-likeness (QED) is 0.892. The number of carbonyl (C=O) groups is 1. The summed E-state index contributed by atoms with van der Waals surface area (Å²) in [6.45, 7) is 2.78. The highest BCUT2D eigenvalue weighted by Crippen LogP contribution is 2.35. The number of rotatable bonds is 4. The summed E-state index contributed by atoms with van der Waals surface area (Å²) in [4.78, 5) is 11.3. The highest BCUT2D eigenvalue weighted by atomic mass is 35.5. The number of nitrogens with one attached hydrogen (secondary N) is 2. The molecule has 19 heavy (non-hydrogen) atoms. The molecule has 0 aromatic heterocycles. The van der Waals surface area contributed by atoms with E-state index in [0.29, 0.717) is 23.6 Å². The van der Waals surface area contributed by atoms with E-state index in [1.165, 1.54) is 0 Å². The van der Waals surface area contributed by atoms with Gasteiger partial charge in [0, 0.05) is 18.3 Å². The van der Waals surface area contributed by atoms with Gasteiger partial charge in [-0.05, 0) is 37.5 Å². The second kappa shape index (κ2) is 5.02. The van der Waals surface area contributed by atoms with Gasteiger partial charge < -0.3 is 15.4 Å². The fourth-order valence-electron chi connectivity index (χ4n) is 2.63. The zero-order chi connectivity index (χ0) is 13.4. The maximum atomic E-state index is 11.3. The first kappa shape index (κ1) is 12.8. The molecule has 0 radical (unpaired) electrons. The van der Waals surface area contributed by atoms with Crippen LogP contribution in [0.1, 0.15) is 25.3 Å². The first-order valence-electron chi connectivity index (χ1n) is 6.66. The average molecular weight is 281 g/mol. The summed E-state index contributed by atoms with van der Waals surface area (Å²) >= 11 is 6.23. The standard InChI is InChI=1S/C14H17ClN2O2/c1-2-19-10-5-9(6-10)16-13-3-8-4-14(18)17-12(8)7-11(13)15/h3,7,9-10,16H,2,4-6H2,1H3,(H,17,18). The van der Waals surface area contributed by atoms with E-state index >= 15 is 0 Å². The summed E-state index contributed by atoms with van der Waals surface area (Å²) in [7, 11) is 0. The molecular weight excluding hydrogens is 264 g/mol. The smallest absolute Gasteiger partial charge is 0.228 e. The zero-order valence-electron chi connectivity index (χ0n) is 10.8. The molecule has 0 spiro atoms. The van der Waals surface area contributed by atoms with Crippen molar-refractivity contribution < 1.29 is 9.53 Å². The van der Waals surface area contributed by atoms with Gasteiger partial charge in [-0.25, -0.2) is 0 Å². The van der Waals surface area contributed by atoms with Crippen molar-refractivity contribution in [2.45, 2.75) is 38.3 Å². The van der Waals surface area contributed by atoms with Crippen molar-refractivity contribution in [3.05, 3.63) is 22.7 Å². The van der Waals surface area contributed by atoms with Crippen molar-refractivity contribution in [1.29, 1.82) is 0 Å². The minimum atomic E-state index is 0.0308. The Kier molecular flexibility index (Phi) is 3.37. The first-order chi connectivity index (χ1) is 9.15. The first-order valence-corrected chi connectivity index (χ1v) is 7.04. The monoisotopic (exact) mass is 280 g/mol. The maximum Gasteiger partial charge on any atom is 0.228 e. The molecule has 0 atom stereocenters. The van der Waals surface area contributed by atoms with Crippen LogP contribution in [0.15, 0.2) is 12.1 Å². The van der Waals surface area contributed by atoms with Crippen LogP contribution in [0.25, 0.3) is 0 Å². The molecule has 0 unspecified atom stereocenters. The summed E-state index contributed by atoms with van der Waals surface area (Å²) < 4.78 is 5.54. The number of amides is 1. The highest BCUT2D eigenvalue weighted by Gasteiger charge is 2.30. The van der Waals surface area contributed by atoms with Crippen LogP contribution in [0.5, 0.6) is 0 Å². The molecule has 1 fully saturated rings. The lowest BCUT2D eigenvalue weighted by Gasteiger charge is -2.36. The third-order valence-electron chi connectivity index (χ3n) is 3.67. The zero-order valence-corrected chi connectivity index (χ0v) is 11.6. The molecule has 1 amide bonds. The van der Waals surface area contributed by atoms with E-state index < -0.39 is 0 Å². The summed E-state index contributed by atoms with van der Waals surface area (Å²) in [5.74, 6) is 0.0308. The molecule has 1 aromatic carbocycles. The van der Waals surface area contributed by atoms with Gasteiger partial charge in [-0.15, -0.1) is 0 Å². The Hall–Kier alpha value is -1.26. The lowest BCUT2D eigenvalue weighted by Crippen LogP contribution is -2.40. The van der Waals surface area contributed by atoms with Crippen LogP contribution in [-0.4, -0.2) is 24.7 Å². The molecular formula is C14H17ClN2O2. The number of ether oxygens (including phenoxy) is 1. The second-order valence-corrected chi connectivity index (χ2v) is 5.51. The van der Waals surface area contributed by atoms with Gasteiger partial charge in [0.1, 0.15) is 0 Å². The fraction of sp³-hybridized carbons (Fsp3) is 0.500. The maximum absolute atomic E-state index is 11.3. The lowest BCUT2D eigenvalue weighted by molar-refractivity contribution is -0.115. The van der Waals surface area contributed by atoms with Crippen LogP contribution < -0.4 is 10.6 Å². The van der Waals surface area contributed by atoms with Crippen molar-refractivity contribution in [2.75, 3.05) is 17.2 Å². The summed E-state index contributed by atoms with van der Waals surface area (Å²) in [6, 6.07) is 4.21. The highest BCUT2D eigenvalue weighted by molar-refractivity contribution is 6.33. The van der Waals surface area contributed by atoms with Gasteiger partial charge in [0.25, 0.3) is 0 Å². The van der Waals surface area contributed by atoms with Crippen LogP contribution in [-0.2, 0) is 16.0 Å². The van der Waals surface area contributed by atoms with E-state index in [-0.39, 0.29) is 5.91 Å². The molecule has 102 valence electrons. The molecule has 5 heteroatoms. The van der Waals surface area contributed by atoms with E-state index in [1.54, 1.807) is 0 Å². The molecule has 2 aliphatic rings. The van der Waals surface area contributed by atoms with Gasteiger partial charge in [0.15, 0.2) is 0 Å². The Morgan fingerprint density at radius 3 is 3.00 bits per heavy atom. The Labute approximate surface area is 117 Å². The molecule has 0 bridgehead atoms. The van der Waals surface area contributed by atoms with Gasteiger partial charge in [-0.1, -0.05) is 11.6 Å². The topological polar surface area (TPSA) is 50.4 Å².